The van der Waals surface area contributed by atoms with Gasteiger partial charge in [0.2, 0.25) is 0 Å². The largest absolute Gasteiger partial charge is 0.490 e. The average molecular weight is 583 g/mol. The number of carbonyl (C=O) groups excluding carboxylic acids is 2. The maximum atomic E-state index is 13.3. The number of hydrogen-bond donors (Lipinski definition) is 0. The summed E-state index contributed by atoms with van der Waals surface area (Å²) >= 11 is 0. The minimum atomic E-state index is -5.09. The highest BCUT2D eigenvalue weighted by Gasteiger charge is 2.51. The van der Waals surface area contributed by atoms with Gasteiger partial charge in [-0.25, -0.2) is 14.8 Å². The van der Waals surface area contributed by atoms with E-state index in [0.29, 0.717) is 51.1 Å². The quantitative estimate of drug-likeness (QED) is 0.403. The molecule has 2 fully saturated rings. The number of carbonyl (C=O) groups is 2. The van der Waals surface area contributed by atoms with Gasteiger partial charge in [0.15, 0.2) is 5.65 Å². The summed E-state index contributed by atoms with van der Waals surface area (Å²) in [5, 5.41) is 0.823. The first-order chi connectivity index (χ1) is 19.9. The van der Waals surface area contributed by atoms with Gasteiger partial charge in [0.25, 0.3) is 5.91 Å². The second kappa shape index (κ2) is 10.5. The van der Waals surface area contributed by atoms with Crippen LogP contribution in [0.4, 0.5) is 13.2 Å². The fraction of sp³-hybridized carbons (Fsp3) is 0.484. The number of fused-ring (bicyclic) bond motifs is 2. The Morgan fingerprint density at radius 2 is 1.81 bits per heavy atom. The van der Waals surface area contributed by atoms with Gasteiger partial charge in [0.05, 0.1) is 0 Å². The normalized spacial score (nSPS) is 21.6. The van der Waals surface area contributed by atoms with Crippen molar-refractivity contribution in [3.05, 3.63) is 65.5 Å². The number of piperidine rings is 2. The van der Waals surface area contributed by atoms with Crippen LogP contribution in [-0.2, 0) is 22.5 Å². The molecule has 2 saturated heterocycles. The van der Waals surface area contributed by atoms with Gasteiger partial charge in [0.1, 0.15) is 23.1 Å². The van der Waals surface area contributed by atoms with E-state index in [9.17, 15) is 22.8 Å². The molecule has 0 aliphatic carbocycles. The molecule has 6 rings (SSSR count). The van der Waals surface area contributed by atoms with Gasteiger partial charge in [-0.3, -0.25) is 9.69 Å². The standard InChI is InChI=1S/C31H33F3N4O4/c1-29(2)17-21-5-3-6-22(25(21)42-29)18-37-14-10-30(24(19-37)41-28(40)31(32,33)34)11-15-38(16-12-30)27(39)23-9-8-20-7-4-13-35-26(20)36-23/h3-9,13,24H,10-12,14-19H2,1-2H3. The van der Waals surface area contributed by atoms with E-state index in [-0.39, 0.29) is 23.7 Å². The lowest BCUT2D eigenvalue weighted by atomic mass is 9.69. The molecule has 3 aliphatic rings. The van der Waals surface area contributed by atoms with Crippen LogP contribution in [0.2, 0.25) is 0 Å². The monoisotopic (exact) mass is 582 g/mol. The molecule has 1 unspecified atom stereocenters. The van der Waals surface area contributed by atoms with Gasteiger partial charge < -0.3 is 14.4 Å². The molecular weight excluding hydrogens is 549 g/mol. The average Bonchev–Trinajstić information content (AvgIpc) is 3.29. The van der Waals surface area contributed by atoms with Crippen LogP contribution in [0, 0.1) is 5.41 Å². The third-order valence-electron chi connectivity index (χ3n) is 8.81. The van der Waals surface area contributed by atoms with Crippen LogP contribution in [0.15, 0.2) is 48.7 Å². The number of pyridine rings is 2. The second-order valence-corrected chi connectivity index (χ2v) is 12.2. The minimum Gasteiger partial charge on any atom is -0.487 e. The Bertz CT molecular complexity index is 1520. The number of hydrogen-bond acceptors (Lipinski definition) is 7. The minimum absolute atomic E-state index is 0.167. The van der Waals surface area contributed by atoms with E-state index in [2.05, 4.69) is 9.97 Å². The molecule has 0 saturated carbocycles. The summed E-state index contributed by atoms with van der Waals surface area (Å²) in [7, 11) is 0. The summed E-state index contributed by atoms with van der Waals surface area (Å²) in [5.74, 6) is -1.60. The Labute approximate surface area is 241 Å². The SMILES string of the molecule is CC1(C)Cc2cccc(CN3CCC4(CCN(C(=O)c5ccc6cccnc6n5)CC4)C(OC(=O)C(F)(F)F)C3)c2O1. The summed E-state index contributed by atoms with van der Waals surface area (Å²) < 4.78 is 51.4. The third kappa shape index (κ3) is 5.54. The first-order valence-electron chi connectivity index (χ1n) is 14.2. The number of alkyl halides is 3. The molecule has 1 amide bonds. The van der Waals surface area contributed by atoms with Crippen LogP contribution < -0.4 is 4.74 Å². The molecule has 0 radical (unpaired) electrons. The highest BCUT2D eigenvalue weighted by atomic mass is 19.4. The molecule has 5 heterocycles. The number of aromatic nitrogens is 2. The van der Waals surface area contributed by atoms with Crippen LogP contribution in [0.3, 0.4) is 0 Å². The van der Waals surface area contributed by atoms with Crippen molar-refractivity contribution in [1.82, 2.24) is 19.8 Å². The van der Waals surface area contributed by atoms with Crippen LogP contribution in [-0.4, -0.2) is 75.7 Å². The van der Waals surface area contributed by atoms with Crippen molar-refractivity contribution in [3.8, 4) is 5.75 Å². The molecule has 2 aromatic heterocycles. The number of nitrogens with zero attached hydrogens (tertiary/aromatic N) is 4. The summed E-state index contributed by atoms with van der Waals surface area (Å²) in [6.07, 6.45) is -2.26. The van der Waals surface area contributed by atoms with Crippen molar-refractivity contribution in [2.24, 2.45) is 5.41 Å². The van der Waals surface area contributed by atoms with Gasteiger partial charge in [-0.05, 0) is 69.5 Å². The van der Waals surface area contributed by atoms with Gasteiger partial charge >= 0.3 is 12.1 Å². The van der Waals surface area contributed by atoms with Crippen LogP contribution in [0.5, 0.6) is 5.75 Å². The Morgan fingerprint density at radius 1 is 1.05 bits per heavy atom. The van der Waals surface area contributed by atoms with Gasteiger partial charge in [-0.1, -0.05) is 18.2 Å². The van der Waals surface area contributed by atoms with Crippen molar-refractivity contribution < 1.29 is 32.2 Å². The van der Waals surface area contributed by atoms with Gasteiger partial charge in [0, 0.05) is 55.2 Å². The summed E-state index contributed by atoms with van der Waals surface area (Å²) in [6, 6.07) is 13.1. The van der Waals surface area contributed by atoms with E-state index in [1.54, 1.807) is 29.3 Å². The topological polar surface area (TPSA) is 84.9 Å². The third-order valence-corrected chi connectivity index (χ3v) is 8.81. The lowest BCUT2D eigenvalue weighted by Gasteiger charge is -2.50. The number of amides is 1. The smallest absolute Gasteiger partial charge is 0.487 e. The van der Waals surface area contributed by atoms with Crippen LogP contribution >= 0.6 is 0 Å². The number of halogens is 3. The molecule has 3 aromatic rings. The van der Waals surface area contributed by atoms with E-state index >= 15 is 0 Å². The van der Waals surface area contributed by atoms with Gasteiger partial charge in [-0.15, -0.1) is 0 Å². The molecule has 0 N–H and O–H groups in total. The fourth-order valence-electron chi connectivity index (χ4n) is 6.57. The lowest BCUT2D eigenvalue weighted by Crippen LogP contribution is -2.57. The number of rotatable bonds is 4. The van der Waals surface area contributed by atoms with Crippen molar-refractivity contribution in [1.29, 1.82) is 0 Å². The van der Waals surface area contributed by atoms with Crippen LogP contribution in [0.1, 0.15) is 54.7 Å². The maximum absolute atomic E-state index is 13.3. The lowest BCUT2D eigenvalue weighted by molar-refractivity contribution is -0.216. The number of ether oxygens (including phenoxy) is 2. The summed E-state index contributed by atoms with van der Waals surface area (Å²) in [4.78, 5) is 37.7. The zero-order valence-electron chi connectivity index (χ0n) is 23.6. The predicted octanol–water partition coefficient (Wildman–Crippen LogP) is 4.95. The maximum Gasteiger partial charge on any atom is 0.490 e. The highest BCUT2D eigenvalue weighted by molar-refractivity contribution is 5.94. The first kappa shape index (κ1) is 28.4. The molecule has 0 bridgehead atoms. The Hall–Kier alpha value is -3.73. The summed E-state index contributed by atoms with van der Waals surface area (Å²) in [5.41, 5.74) is 1.84. The molecular formula is C31H33F3N4O4. The molecule has 11 heteroatoms. The molecule has 3 aliphatic heterocycles. The second-order valence-electron chi connectivity index (χ2n) is 12.2. The molecule has 42 heavy (non-hydrogen) atoms. The molecule has 1 atom stereocenters. The van der Waals surface area contributed by atoms with Gasteiger partial charge in [-0.2, -0.15) is 13.2 Å². The van der Waals surface area contributed by atoms with E-state index in [4.69, 9.17) is 9.47 Å². The van der Waals surface area contributed by atoms with E-state index in [1.165, 1.54) is 0 Å². The van der Waals surface area contributed by atoms with Crippen molar-refractivity contribution in [2.75, 3.05) is 26.2 Å². The van der Waals surface area contributed by atoms with Crippen molar-refractivity contribution in [2.45, 2.75) is 64.0 Å². The Morgan fingerprint density at radius 3 is 2.57 bits per heavy atom. The predicted molar refractivity (Wildman–Crippen MR) is 148 cm³/mol. The highest BCUT2D eigenvalue weighted by Crippen LogP contribution is 2.45. The Kier molecular flexibility index (Phi) is 7.11. The fourth-order valence-corrected chi connectivity index (χ4v) is 6.57. The van der Waals surface area contributed by atoms with Crippen molar-refractivity contribution >= 4 is 22.9 Å². The molecule has 222 valence electrons. The number of benzene rings is 1. The zero-order chi connectivity index (χ0) is 29.7. The van der Waals surface area contributed by atoms with Crippen molar-refractivity contribution in [3.63, 3.8) is 0 Å². The van der Waals surface area contributed by atoms with E-state index < -0.39 is 23.7 Å². The first-order valence-corrected chi connectivity index (χ1v) is 14.2. The number of para-hydroxylation sites is 1. The molecule has 8 nitrogen and oxygen atoms in total. The Balaban J connectivity index is 1.18. The number of likely N-dealkylation sites (tertiary alicyclic amines) is 2. The molecule has 1 spiro atoms. The molecule has 1 aromatic carbocycles. The number of esters is 1. The van der Waals surface area contributed by atoms with E-state index in [1.807, 2.05) is 43.0 Å². The summed E-state index contributed by atoms with van der Waals surface area (Å²) in [6.45, 7) is 5.98. The van der Waals surface area contributed by atoms with E-state index in [0.717, 1.165) is 28.7 Å². The van der Waals surface area contributed by atoms with Crippen LogP contribution in [0.25, 0.3) is 11.0 Å². The zero-order valence-corrected chi connectivity index (χ0v) is 23.6.